The molecule has 554 valence electrons. The van der Waals surface area contributed by atoms with E-state index >= 15 is 0 Å². The zero-order chi connectivity index (χ0) is 78.1. The number of benzene rings is 13. The maximum atomic E-state index is 2.76. The summed E-state index contributed by atoms with van der Waals surface area (Å²) in [5.41, 5.74) is 35.1. The van der Waals surface area contributed by atoms with Gasteiger partial charge in [-0.05, 0) is 199 Å². The maximum Gasteiger partial charge on any atom is 0.252 e. The van der Waals surface area contributed by atoms with E-state index in [1.165, 1.54) is 155 Å². The van der Waals surface area contributed by atoms with Crippen molar-refractivity contribution >= 4 is 101 Å². The Kier molecular flexibility index (Phi) is 17.0. The fourth-order valence-corrected chi connectivity index (χ4v) is 18.4. The van der Waals surface area contributed by atoms with Gasteiger partial charge in [0.25, 0.3) is 6.71 Å². The molecule has 111 heavy (non-hydrogen) atoms. The van der Waals surface area contributed by atoms with Gasteiger partial charge in [-0.1, -0.05) is 340 Å². The minimum Gasteiger partial charge on any atom is -0.311 e. The van der Waals surface area contributed by atoms with Crippen LogP contribution >= 0.6 is 0 Å². The van der Waals surface area contributed by atoms with Crippen molar-refractivity contribution in [3.63, 3.8) is 0 Å². The summed E-state index contributed by atoms with van der Waals surface area (Å²) in [4.78, 5) is 5.52. The van der Waals surface area contributed by atoms with Crippen molar-refractivity contribution in [3.05, 3.63) is 306 Å². The molecular formula is C106H107BN4. The van der Waals surface area contributed by atoms with Gasteiger partial charge in [0.2, 0.25) is 0 Å². The average Bonchev–Trinajstić information content (AvgIpc) is 0.941. The molecule has 4 heterocycles. The molecule has 0 bridgehead atoms. The second-order valence-corrected chi connectivity index (χ2v) is 39.1. The Morgan fingerprint density at radius 3 is 0.865 bits per heavy atom. The Morgan fingerprint density at radius 1 is 0.216 bits per heavy atom. The Morgan fingerprint density at radius 2 is 0.532 bits per heavy atom. The van der Waals surface area contributed by atoms with E-state index in [-0.39, 0.29) is 44.6 Å². The van der Waals surface area contributed by atoms with Crippen molar-refractivity contribution in [2.45, 2.75) is 183 Å². The molecule has 0 aliphatic carbocycles. The standard InChI is InChI=1S/C106H107BN4/c1-100(2,3)68-48-54-85(105(16,17)18)81(60-68)66-46-52-79(73-34-22-28-40-83(73)103(10,11)12)93(58-66)110-95-64-71(108-89-42-30-24-36-75(89)76-37-25-31-43-90(76)108)50-56-87(95)107-88-57-51-72(109-91-44-32-26-38-77(91)78-39-27-33-45-92(78)109)65-96(88)111(98-63-70(102(7,8)9)62-97(110)99(98)107)94-59-67(47-53-80(94)74-35-23-29-41-84(74)104(13,14)15)82-61-69(101(4,5)6)49-55-86(82)106(19,20)21/h22-65H,1-21H3. The predicted molar refractivity (Wildman–Crippen MR) is 482 cm³/mol. The van der Waals surface area contributed by atoms with Gasteiger partial charge >= 0.3 is 0 Å². The third-order valence-electron chi connectivity index (χ3n) is 24.1. The van der Waals surface area contributed by atoms with E-state index in [1.54, 1.807) is 0 Å². The zero-order valence-corrected chi connectivity index (χ0v) is 69.3. The number of para-hydroxylation sites is 4. The molecule has 15 aromatic rings. The molecule has 0 spiro atoms. The largest absolute Gasteiger partial charge is 0.311 e. The van der Waals surface area contributed by atoms with Crippen molar-refractivity contribution < 1.29 is 0 Å². The molecule has 4 nitrogen and oxygen atoms in total. The van der Waals surface area contributed by atoms with Gasteiger partial charge in [-0.2, -0.15) is 0 Å². The summed E-state index contributed by atoms with van der Waals surface area (Å²) < 4.78 is 5.05. The zero-order valence-electron chi connectivity index (χ0n) is 69.3. The number of fused-ring (bicyclic) bond motifs is 10. The number of aromatic nitrogens is 2. The van der Waals surface area contributed by atoms with Crippen molar-refractivity contribution in [1.82, 2.24) is 9.13 Å². The van der Waals surface area contributed by atoms with Crippen LogP contribution in [0.5, 0.6) is 0 Å². The number of anilines is 6. The second-order valence-electron chi connectivity index (χ2n) is 39.1. The molecule has 0 radical (unpaired) electrons. The van der Waals surface area contributed by atoms with Crippen LogP contribution < -0.4 is 26.2 Å². The number of hydrogen-bond acceptors (Lipinski definition) is 2. The van der Waals surface area contributed by atoms with Crippen LogP contribution in [0.25, 0.3) is 99.5 Å². The molecule has 17 rings (SSSR count). The Labute approximate surface area is 660 Å². The first-order valence-corrected chi connectivity index (χ1v) is 40.3. The van der Waals surface area contributed by atoms with Gasteiger partial charge < -0.3 is 18.9 Å². The quantitative estimate of drug-likeness (QED) is 0.141. The van der Waals surface area contributed by atoms with E-state index in [1.807, 2.05) is 0 Å². The molecule has 2 aliphatic heterocycles. The van der Waals surface area contributed by atoms with Crippen molar-refractivity contribution in [2.24, 2.45) is 0 Å². The Hall–Kier alpha value is -10.9. The molecule has 0 unspecified atom stereocenters. The fourth-order valence-electron chi connectivity index (χ4n) is 18.4. The highest BCUT2D eigenvalue weighted by molar-refractivity contribution is 7.00. The number of nitrogens with zero attached hydrogens (tertiary/aromatic N) is 4. The molecule has 0 saturated carbocycles. The molecule has 5 heteroatoms. The van der Waals surface area contributed by atoms with Crippen LogP contribution in [0, 0.1) is 0 Å². The van der Waals surface area contributed by atoms with Gasteiger partial charge in [0, 0.05) is 66.8 Å². The lowest BCUT2D eigenvalue weighted by Crippen LogP contribution is -2.61. The van der Waals surface area contributed by atoms with Crippen LogP contribution in [0.1, 0.15) is 184 Å². The summed E-state index contributed by atoms with van der Waals surface area (Å²) >= 11 is 0. The fraction of sp³-hybridized carbons (Fsp3) is 0.264. The SMILES string of the molecule is CC(C)(C)c1ccc(C(C)(C)C)c(-c2ccc(-c3ccccc3C(C)(C)C)c(N3c4cc(-n5c6ccccc6c6ccccc65)ccc4B4c5ccc(-n6c7ccccc7c7ccccc76)cc5N(c5cc(-c6cc(C(C)(C)C)ccc6C(C)(C)C)ccc5-c5ccccc5C(C)(C)C)c5cc(C(C)(C)C)cc3c54)c2)c1. The Balaban J connectivity index is 1.07. The lowest BCUT2D eigenvalue weighted by Gasteiger charge is -2.46. The first kappa shape index (κ1) is 73.0. The van der Waals surface area contributed by atoms with E-state index in [4.69, 9.17) is 0 Å². The van der Waals surface area contributed by atoms with Crippen LogP contribution in [0.4, 0.5) is 34.1 Å². The summed E-state index contributed by atoms with van der Waals surface area (Å²) in [6.45, 7) is 49.7. The van der Waals surface area contributed by atoms with Crippen LogP contribution in [-0.4, -0.2) is 15.8 Å². The molecule has 13 aromatic carbocycles. The topological polar surface area (TPSA) is 16.3 Å². The van der Waals surface area contributed by atoms with Crippen molar-refractivity contribution in [3.8, 4) is 55.9 Å². The highest BCUT2D eigenvalue weighted by atomic mass is 15.2. The minimum atomic E-state index is -0.342. The number of rotatable bonds is 8. The summed E-state index contributed by atoms with van der Waals surface area (Å²) in [6, 6.07) is 104. The van der Waals surface area contributed by atoms with Gasteiger partial charge in [0.15, 0.2) is 0 Å². The number of hydrogen-bond donors (Lipinski definition) is 0. The smallest absolute Gasteiger partial charge is 0.252 e. The van der Waals surface area contributed by atoms with Gasteiger partial charge in [0.1, 0.15) is 0 Å². The van der Waals surface area contributed by atoms with Gasteiger partial charge in [-0.25, -0.2) is 0 Å². The lowest BCUT2D eigenvalue weighted by molar-refractivity contribution is 0.578. The average molecular weight is 1450 g/mol. The highest BCUT2D eigenvalue weighted by Crippen LogP contribution is 2.55. The molecule has 0 N–H and O–H groups in total. The van der Waals surface area contributed by atoms with Gasteiger partial charge in [-0.3, -0.25) is 0 Å². The first-order valence-electron chi connectivity index (χ1n) is 40.3. The Bertz CT molecular complexity index is 5790. The molecule has 0 fully saturated rings. The summed E-state index contributed by atoms with van der Waals surface area (Å²) in [5.74, 6) is 0. The lowest BCUT2D eigenvalue weighted by atomic mass is 9.33. The minimum absolute atomic E-state index is 0.0952. The summed E-state index contributed by atoms with van der Waals surface area (Å²) in [7, 11) is 0. The van der Waals surface area contributed by atoms with E-state index < -0.39 is 0 Å². The molecule has 0 amide bonds. The third-order valence-corrected chi connectivity index (χ3v) is 24.1. The molecule has 0 saturated heterocycles. The normalized spacial score (nSPS) is 13.6. The van der Waals surface area contributed by atoms with E-state index in [9.17, 15) is 0 Å². The third kappa shape index (κ3) is 12.4. The molecule has 0 atom stereocenters. The van der Waals surface area contributed by atoms with Crippen LogP contribution in [0.2, 0.25) is 0 Å². The van der Waals surface area contributed by atoms with E-state index in [0.717, 1.165) is 34.1 Å². The van der Waals surface area contributed by atoms with Crippen LogP contribution in [0.3, 0.4) is 0 Å². The van der Waals surface area contributed by atoms with Crippen molar-refractivity contribution in [1.29, 1.82) is 0 Å². The highest BCUT2D eigenvalue weighted by Gasteiger charge is 2.46. The molecule has 2 aliphatic rings. The monoisotopic (exact) mass is 1450 g/mol. The van der Waals surface area contributed by atoms with Gasteiger partial charge in [0.05, 0.1) is 33.4 Å². The van der Waals surface area contributed by atoms with Crippen LogP contribution in [-0.2, 0) is 37.9 Å². The van der Waals surface area contributed by atoms with Crippen LogP contribution in [0.15, 0.2) is 267 Å². The summed E-state index contributed by atoms with van der Waals surface area (Å²) in [5, 5.41) is 4.94. The second kappa shape index (κ2) is 25.9. The van der Waals surface area contributed by atoms with Crippen molar-refractivity contribution in [2.75, 3.05) is 9.80 Å². The first-order chi connectivity index (χ1) is 52.5. The van der Waals surface area contributed by atoms with Gasteiger partial charge in [-0.15, -0.1) is 0 Å². The maximum absolute atomic E-state index is 2.76. The molecule has 2 aromatic heterocycles. The predicted octanol–water partition coefficient (Wildman–Crippen LogP) is 27.7. The summed E-state index contributed by atoms with van der Waals surface area (Å²) in [6.07, 6.45) is 0. The van der Waals surface area contributed by atoms with E-state index in [2.05, 4.69) is 431 Å². The molecular weight excluding hydrogens is 1340 g/mol. The van der Waals surface area contributed by atoms with E-state index in [0.29, 0.717) is 0 Å².